The Morgan fingerprint density at radius 1 is 0.839 bits per heavy atom. The molecule has 5 rings (SSSR count). The van der Waals surface area contributed by atoms with Crippen molar-refractivity contribution in [2.24, 2.45) is 0 Å². The smallest absolute Gasteiger partial charge is 0.262 e. The fourth-order valence-corrected chi connectivity index (χ4v) is 4.74. The van der Waals surface area contributed by atoms with E-state index < -0.39 is 0 Å². The van der Waals surface area contributed by atoms with E-state index in [1.807, 2.05) is 72.8 Å². The first-order valence-electron chi connectivity index (χ1n) is 10.0. The van der Waals surface area contributed by atoms with Crippen LogP contribution in [0.25, 0.3) is 20.7 Å². The first-order valence-corrected chi connectivity index (χ1v) is 10.9. The molecule has 0 bridgehead atoms. The Kier molecular flexibility index (Phi) is 5.18. The number of thiophene rings is 1. The lowest BCUT2D eigenvalue weighted by atomic mass is 10.1. The Labute approximate surface area is 183 Å². The zero-order chi connectivity index (χ0) is 21.2. The molecule has 0 aliphatic heterocycles. The first kappa shape index (κ1) is 19.4. The third-order valence-corrected chi connectivity index (χ3v) is 6.30. The van der Waals surface area contributed by atoms with Gasteiger partial charge >= 0.3 is 0 Å². The van der Waals surface area contributed by atoms with Crippen molar-refractivity contribution in [3.63, 3.8) is 0 Å². The average molecular weight is 427 g/mol. The van der Waals surface area contributed by atoms with Crippen LogP contribution in [-0.2, 0) is 13.0 Å². The molecular formula is C26H19FN2OS. The first-order chi connectivity index (χ1) is 15.2. The number of hydrogen-bond donors (Lipinski definition) is 0. The van der Waals surface area contributed by atoms with Crippen molar-refractivity contribution in [1.29, 1.82) is 0 Å². The second-order valence-electron chi connectivity index (χ2n) is 7.41. The quantitative estimate of drug-likeness (QED) is 0.351. The predicted octanol–water partition coefficient (Wildman–Crippen LogP) is 5.90. The number of aromatic nitrogens is 2. The highest BCUT2D eigenvalue weighted by Crippen LogP contribution is 2.31. The van der Waals surface area contributed by atoms with Crippen LogP contribution in [0.4, 0.5) is 4.39 Å². The normalized spacial score (nSPS) is 11.1. The van der Waals surface area contributed by atoms with Crippen molar-refractivity contribution < 1.29 is 4.39 Å². The lowest BCUT2D eigenvalue weighted by molar-refractivity contribution is 0.620. The molecule has 2 aromatic heterocycles. The van der Waals surface area contributed by atoms with Gasteiger partial charge in [-0.1, -0.05) is 72.8 Å². The molecule has 0 amide bonds. The van der Waals surface area contributed by atoms with Crippen LogP contribution in [0, 0.1) is 5.82 Å². The number of fused-ring (bicyclic) bond motifs is 1. The van der Waals surface area contributed by atoms with Crippen molar-refractivity contribution in [3.8, 4) is 10.4 Å². The molecular weight excluding hydrogens is 407 g/mol. The molecule has 0 spiro atoms. The molecule has 0 saturated heterocycles. The number of nitrogens with zero attached hydrogens (tertiary/aromatic N) is 2. The van der Waals surface area contributed by atoms with Gasteiger partial charge in [-0.15, -0.1) is 11.3 Å². The summed E-state index contributed by atoms with van der Waals surface area (Å²) in [5.41, 5.74) is 2.77. The topological polar surface area (TPSA) is 34.9 Å². The van der Waals surface area contributed by atoms with Gasteiger partial charge in [0.15, 0.2) is 0 Å². The minimum Gasteiger partial charge on any atom is -0.291 e. The maximum Gasteiger partial charge on any atom is 0.262 e. The molecule has 0 fully saturated rings. The summed E-state index contributed by atoms with van der Waals surface area (Å²) < 4.78 is 15.4. The molecule has 2 heterocycles. The minimum absolute atomic E-state index is 0.0985. The van der Waals surface area contributed by atoms with Crippen molar-refractivity contribution in [3.05, 3.63) is 124 Å². The van der Waals surface area contributed by atoms with Crippen LogP contribution in [0.1, 0.15) is 17.0 Å². The van der Waals surface area contributed by atoms with Crippen LogP contribution in [0.5, 0.6) is 0 Å². The highest BCUT2D eigenvalue weighted by molar-refractivity contribution is 7.21. The number of benzene rings is 3. The highest BCUT2D eigenvalue weighted by atomic mass is 32.1. The molecule has 5 heteroatoms. The van der Waals surface area contributed by atoms with Crippen molar-refractivity contribution in [2.45, 2.75) is 13.0 Å². The van der Waals surface area contributed by atoms with Gasteiger partial charge in [-0.2, -0.15) is 0 Å². The fourth-order valence-electron chi connectivity index (χ4n) is 3.70. The number of rotatable bonds is 5. The van der Waals surface area contributed by atoms with Crippen LogP contribution in [0.2, 0.25) is 0 Å². The van der Waals surface area contributed by atoms with Gasteiger partial charge in [-0.3, -0.25) is 9.36 Å². The van der Waals surface area contributed by atoms with Gasteiger partial charge in [0.05, 0.1) is 11.9 Å². The third-order valence-electron chi connectivity index (χ3n) is 5.22. The second-order valence-corrected chi connectivity index (χ2v) is 8.44. The SMILES string of the molecule is O=c1c2cc(-c3ccccc3)sc2nc(Cc2ccccc2)n1Cc1cccc(F)c1. The van der Waals surface area contributed by atoms with Crippen LogP contribution >= 0.6 is 11.3 Å². The Morgan fingerprint density at radius 3 is 2.29 bits per heavy atom. The van der Waals surface area contributed by atoms with E-state index in [9.17, 15) is 9.18 Å². The summed E-state index contributed by atoms with van der Waals surface area (Å²) in [4.78, 5) is 20.1. The van der Waals surface area contributed by atoms with Gasteiger partial charge in [0, 0.05) is 11.3 Å². The van der Waals surface area contributed by atoms with Gasteiger partial charge in [0.25, 0.3) is 5.56 Å². The third kappa shape index (κ3) is 4.05. The molecule has 3 nitrogen and oxygen atoms in total. The zero-order valence-corrected chi connectivity index (χ0v) is 17.5. The summed E-state index contributed by atoms with van der Waals surface area (Å²) in [7, 11) is 0. The molecule has 0 aliphatic rings. The monoisotopic (exact) mass is 426 g/mol. The Balaban J connectivity index is 1.66. The maximum absolute atomic E-state index is 13.8. The lowest BCUT2D eigenvalue weighted by Crippen LogP contribution is -2.25. The van der Waals surface area contributed by atoms with E-state index in [2.05, 4.69) is 0 Å². The van der Waals surface area contributed by atoms with Crippen LogP contribution in [0.15, 0.2) is 95.8 Å². The van der Waals surface area contributed by atoms with E-state index in [-0.39, 0.29) is 17.9 Å². The van der Waals surface area contributed by atoms with Gasteiger partial charge < -0.3 is 0 Å². The molecule has 5 aromatic rings. The molecule has 152 valence electrons. The molecule has 0 aliphatic carbocycles. The molecule has 0 atom stereocenters. The van der Waals surface area contributed by atoms with E-state index in [0.717, 1.165) is 26.4 Å². The van der Waals surface area contributed by atoms with E-state index >= 15 is 0 Å². The standard InChI is InChI=1S/C26H19FN2OS/c27-21-13-7-10-19(14-21)17-29-24(15-18-8-3-1-4-9-18)28-25-22(26(29)30)16-23(31-25)20-11-5-2-6-12-20/h1-14,16H,15,17H2. The fraction of sp³-hybridized carbons (Fsp3) is 0.0769. The minimum atomic E-state index is -0.314. The summed E-state index contributed by atoms with van der Waals surface area (Å²) in [6.45, 7) is 0.276. The van der Waals surface area contributed by atoms with E-state index in [4.69, 9.17) is 4.98 Å². The zero-order valence-electron chi connectivity index (χ0n) is 16.7. The molecule has 0 radical (unpaired) electrons. The molecule has 0 unspecified atom stereocenters. The largest absolute Gasteiger partial charge is 0.291 e. The number of hydrogen-bond acceptors (Lipinski definition) is 3. The highest BCUT2D eigenvalue weighted by Gasteiger charge is 2.16. The van der Waals surface area contributed by atoms with E-state index in [1.54, 1.807) is 10.6 Å². The van der Waals surface area contributed by atoms with Crippen LogP contribution < -0.4 is 5.56 Å². The Bertz CT molecular complexity index is 1410. The van der Waals surface area contributed by atoms with Gasteiger partial charge in [-0.05, 0) is 34.9 Å². The summed E-state index contributed by atoms with van der Waals surface area (Å²) in [5.74, 6) is 0.362. The van der Waals surface area contributed by atoms with Crippen LogP contribution in [-0.4, -0.2) is 9.55 Å². The molecule has 31 heavy (non-hydrogen) atoms. The van der Waals surface area contributed by atoms with Crippen molar-refractivity contribution in [1.82, 2.24) is 9.55 Å². The molecule has 0 saturated carbocycles. The van der Waals surface area contributed by atoms with Crippen molar-refractivity contribution >= 4 is 21.6 Å². The van der Waals surface area contributed by atoms with Crippen LogP contribution in [0.3, 0.4) is 0 Å². The molecule has 3 aromatic carbocycles. The summed E-state index contributed by atoms with van der Waals surface area (Å²) in [6, 6.07) is 28.2. The second kappa shape index (κ2) is 8.28. The van der Waals surface area contributed by atoms with Gasteiger partial charge in [-0.25, -0.2) is 9.37 Å². The van der Waals surface area contributed by atoms with Gasteiger partial charge in [0.2, 0.25) is 0 Å². The van der Waals surface area contributed by atoms with E-state index in [0.29, 0.717) is 17.6 Å². The van der Waals surface area contributed by atoms with Crippen molar-refractivity contribution in [2.75, 3.05) is 0 Å². The Morgan fingerprint density at radius 2 is 1.55 bits per heavy atom. The summed E-state index contributed by atoms with van der Waals surface area (Å²) >= 11 is 1.52. The average Bonchev–Trinajstić information content (AvgIpc) is 3.22. The summed E-state index contributed by atoms with van der Waals surface area (Å²) in [5, 5.41) is 0.595. The van der Waals surface area contributed by atoms with E-state index in [1.165, 1.54) is 23.5 Å². The molecule has 0 N–H and O–H groups in total. The summed E-state index contributed by atoms with van der Waals surface area (Å²) in [6.07, 6.45) is 0.528. The van der Waals surface area contributed by atoms with Gasteiger partial charge in [0.1, 0.15) is 16.5 Å². The predicted molar refractivity (Wildman–Crippen MR) is 124 cm³/mol. The lowest BCUT2D eigenvalue weighted by Gasteiger charge is -2.13. The maximum atomic E-state index is 13.8. The number of halogens is 1. The Hall–Kier alpha value is -3.57.